The summed E-state index contributed by atoms with van der Waals surface area (Å²) in [6, 6.07) is 1.93. The third kappa shape index (κ3) is 3.88. The summed E-state index contributed by atoms with van der Waals surface area (Å²) in [4.78, 5) is 19.7. The van der Waals surface area contributed by atoms with Crippen LogP contribution in [0.4, 0.5) is 0 Å². The molecule has 0 radical (unpaired) electrons. The first-order valence-electron chi connectivity index (χ1n) is 11.0. The third-order valence-corrected chi connectivity index (χ3v) is 6.78. The lowest BCUT2D eigenvalue weighted by molar-refractivity contribution is -0.122. The molecule has 2 aromatic rings. The Morgan fingerprint density at radius 1 is 1.19 bits per heavy atom. The van der Waals surface area contributed by atoms with Crippen LogP contribution >= 0.6 is 11.6 Å². The molecule has 1 unspecified atom stereocenters. The number of halogens is 1. The molecule has 6 heteroatoms. The molecule has 0 bridgehead atoms. The van der Waals surface area contributed by atoms with Gasteiger partial charge in [-0.05, 0) is 80.0 Å². The van der Waals surface area contributed by atoms with Gasteiger partial charge in [0.15, 0.2) is 5.65 Å². The molecule has 1 fully saturated rings. The molecule has 0 aromatic carbocycles. The van der Waals surface area contributed by atoms with Crippen LogP contribution in [0.15, 0.2) is 60.2 Å². The molecule has 0 aliphatic carbocycles. The van der Waals surface area contributed by atoms with Crippen LogP contribution in [0.2, 0.25) is 5.02 Å². The number of aromatic nitrogens is 2. The standard InChI is InChI=1S/C25H27ClN4O/c1-16-3-5-21-6-4-19(18-7-9-27-10-8-18)15-30(21)24(31)12-22(16)20-11-23(26)25-28-17(2)13-29(25)14-20/h4-6,11-16,18,27H,3,7-10H2,1-2H3. The second kappa shape index (κ2) is 8.13. The fourth-order valence-corrected chi connectivity index (χ4v) is 5.01. The highest BCUT2D eigenvalue weighted by atomic mass is 35.5. The highest BCUT2D eigenvalue weighted by Crippen LogP contribution is 2.34. The number of nitrogens with zero attached hydrogens (tertiary/aromatic N) is 3. The average Bonchev–Trinajstić information content (AvgIpc) is 3.16. The monoisotopic (exact) mass is 434 g/mol. The fraction of sp³-hybridized carbons (Fsp3) is 0.360. The van der Waals surface area contributed by atoms with Crippen LogP contribution in [0.3, 0.4) is 0 Å². The molecule has 3 aliphatic heterocycles. The number of nitrogens with one attached hydrogen (secondary N) is 1. The van der Waals surface area contributed by atoms with Crippen molar-refractivity contribution in [1.29, 1.82) is 0 Å². The lowest BCUT2D eigenvalue weighted by Crippen LogP contribution is -2.31. The van der Waals surface area contributed by atoms with E-state index in [0.717, 1.165) is 60.5 Å². The summed E-state index contributed by atoms with van der Waals surface area (Å²) in [7, 11) is 0. The number of imidazole rings is 1. The van der Waals surface area contributed by atoms with Crippen molar-refractivity contribution < 1.29 is 4.79 Å². The summed E-state index contributed by atoms with van der Waals surface area (Å²) in [5.74, 6) is 0.687. The van der Waals surface area contributed by atoms with Crippen LogP contribution in [0.5, 0.6) is 0 Å². The normalized spacial score (nSPS) is 22.5. The van der Waals surface area contributed by atoms with Gasteiger partial charge in [-0.1, -0.05) is 30.7 Å². The maximum atomic E-state index is 13.4. The van der Waals surface area contributed by atoms with Crippen LogP contribution in [0, 0.1) is 18.8 Å². The number of rotatable bonds is 2. The Balaban J connectivity index is 1.51. The predicted octanol–water partition coefficient (Wildman–Crippen LogP) is 4.89. The Morgan fingerprint density at radius 3 is 2.81 bits per heavy atom. The largest absolute Gasteiger partial charge is 0.317 e. The van der Waals surface area contributed by atoms with Crippen LogP contribution in [-0.4, -0.2) is 33.3 Å². The Hall–Kier alpha value is -2.63. The predicted molar refractivity (Wildman–Crippen MR) is 124 cm³/mol. The molecular formula is C25H27ClN4O. The maximum Gasteiger partial charge on any atom is 0.255 e. The van der Waals surface area contributed by atoms with E-state index in [1.165, 1.54) is 5.57 Å². The number of piperidine rings is 1. The lowest BCUT2D eigenvalue weighted by Gasteiger charge is -2.31. The SMILES string of the molecule is Cc1cn2cc(C3=CC(=O)N4C=C(C5CCNCC5)C=CC4=CCC3C)cc(Cl)c2n1. The van der Waals surface area contributed by atoms with E-state index in [9.17, 15) is 4.79 Å². The molecule has 160 valence electrons. The molecule has 1 saturated heterocycles. The van der Waals surface area contributed by atoms with E-state index >= 15 is 0 Å². The van der Waals surface area contributed by atoms with Crippen molar-refractivity contribution in [3.05, 3.63) is 76.5 Å². The molecule has 0 saturated carbocycles. The quantitative estimate of drug-likeness (QED) is 0.732. The van der Waals surface area contributed by atoms with E-state index in [4.69, 9.17) is 11.6 Å². The first-order chi connectivity index (χ1) is 15.0. The zero-order valence-electron chi connectivity index (χ0n) is 17.9. The summed E-state index contributed by atoms with van der Waals surface area (Å²) < 4.78 is 1.95. The fourth-order valence-electron chi connectivity index (χ4n) is 4.76. The van der Waals surface area contributed by atoms with E-state index in [1.807, 2.05) is 40.9 Å². The van der Waals surface area contributed by atoms with Gasteiger partial charge in [0.2, 0.25) is 0 Å². The van der Waals surface area contributed by atoms with Gasteiger partial charge >= 0.3 is 0 Å². The number of aryl methyl sites for hydroxylation is 1. The summed E-state index contributed by atoms with van der Waals surface area (Å²) in [6.07, 6.45) is 17.3. The number of pyridine rings is 1. The van der Waals surface area contributed by atoms with Gasteiger partial charge < -0.3 is 9.72 Å². The topological polar surface area (TPSA) is 49.6 Å². The first kappa shape index (κ1) is 20.3. The minimum atomic E-state index is -0.0124. The number of carbonyl (C=O) groups is 1. The zero-order valence-corrected chi connectivity index (χ0v) is 18.7. The van der Waals surface area contributed by atoms with Crippen molar-refractivity contribution >= 4 is 28.7 Å². The number of hydrogen-bond acceptors (Lipinski definition) is 3. The van der Waals surface area contributed by atoms with Gasteiger partial charge in [0.05, 0.1) is 10.7 Å². The van der Waals surface area contributed by atoms with Gasteiger partial charge in [-0.25, -0.2) is 4.98 Å². The van der Waals surface area contributed by atoms with Crippen molar-refractivity contribution in [3.8, 4) is 0 Å². The van der Waals surface area contributed by atoms with Gasteiger partial charge in [0.25, 0.3) is 5.91 Å². The minimum absolute atomic E-state index is 0.0124. The number of allylic oxidation sites excluding steroid dienone is 5. The van der Waals surface area contributed by atoms with Gasteiger partial charge in [0, 0.05) is 30.4 Å². The second-order valence-electron chi connectivity index (χ2n) is 8.75. The van der Waals surface area contributed by atoms with Crippen molar-refractivity contribution in [3.63, 3.8) is 0 Å². The number of fused-ring (bicyclic) bond motifs is 2. The van der Waals surface area contributed by atoms with E-state index in [1.54, 1.807) is 6.08 Å². The summed E-state index contributed by atoms with van der Waals surface area (Å²) >= 11 is 6.53. The molecule has 31 heavy (non-hydrogen) atoms. The van der Waals surface area contributed by atoms with Crippen molar-refractivity contribution in [1.82, 2.24) is 19.6 Å². The molecule has 1 atom stereocenters. The minimum Gasteiger partial charge on any atom is -0.317 e. The van der Waals surface area contributed by atoms with Crippen molar-refractivity contribution in [2.75, 3.05) is 13.1 Å². The molecule has 5 nitrogen and oxygen atoms in total. The second-order valence-corrected chi connectivity index (χ2v) is 9.16. The third-order valence-electron chi connectivity index (χ3n) is 6.50. The molecule has 3 aliphatic rings. The van der Waals surface area contributed by atoms with Gasteiger partial charge in [-0.2, -0.15) is 0 Å². The molecular weight excluding hydrogens is 408 g/mol. The van der Waals surface area contributed by atoms with E-state index < -0.39 is 0 Å². The Morgan fingerprint density at radius 2 is 2.00 bits per heavy atom. The summed E-state index contributed by atoms with van der Waals surface area (Å²) in [5, 5.41) is 4.01. The molecule has 5 heterocycles. The van der Waals surface area contributed by atoms with Crippen LogP contribution in [0.1, 0.15) is 37.4 Å². The van der Waals surface area contributed by atoms with Crippen molar-refractivity contribution in [2.45, 2.75) is 33.1 Å². The molecule has 0 spiro atoms. The maximum absolute atomic E-state index is 13.4. The Labute approximate surface area is 187 Å². The van der Waals surface area contributed by atoms with Crippen LogP contribution in [-0.2, 0) is 4.79 Å². The Kier molecular flexibility index (Phi) is 5.32. The summed E-state index contributed by atoms with van der Waals surface area (Å²) in [5.41, 5.74) is 5.83. The molecule has 2 aromatic heterocycles. The average molecular weight is 435 g/mol. The zero-order chi connectivity index (χ0) is 21.5. The Bertz CT molecular complexity index is 1160. The van der Waals surface area contributed by atoms with E-state index in [0.29, 0.717) is 10.9 Å². The van der Waals surface area contributed by atoms with Crippen molar-refractivity contribution in [2.24, 2.45) is 11.8 Å². The molecule has 1 amide bonds. The van der Waals surface area contributed by atoms with Gasteiger partial charge in [-0.3, -0.25) is 9.69 Å². The van der Waals surface area contributed by atoms with E-state index in [2.05, 4.69) is 35.5 Å². The van der Waals surface area contributed by atoms with Gasteiger partial charge in [-0.15, -0.1) is 0 Å². The highest BCUT2D eigenvalue weighted by molar-refractivity contribution is 6.33. The number of carbonyl (C=O) groups excluding carboxylic acids is 1. The molecule has 1 N–H and O–H groups in total. The first-order valence-corrected chi connectivity index (χ1v) is 11.4. The summed E-state index contributed by atoms with van der Waals surface area (Å²) in [6.45, 7) is 6.18. The van der Waals surface area contributed by atoms with E-state index in [-0.39, 0.29) is 11.8 Å². The number of hydrogen-bond donors (Lipinski definition) is 1. The highest BCUT2D eigenvalue weighted by Gasteiger charge is 2.25. The van der Waals surface area contributed by atoms with Crippen LogP contribution < -0.4 is 5.32 Å². The number of amides is 1. The van der Waals surface area contributed by atoms with Crippen LogP contribution in [0.25, 0.3) is 11.2 Å². The smallest absolute Gasteiger partial charge is 0.255 e. The lowest BCUT2D eigenvalue weighted by atomic mass is 9.87. The molecule has 5 rings (SSSR count). The van der Waals surface area contributed by atoms with Gasteiger partial charge in [0.1, 0.15) is 0 Å².